The van der Waals surface area contributed by atoms with Crippen molar-refractivity contribution in [3.8, 4) is 0 Å². The fourth-order valence-corrected chi connectivity index (χ4v) is 1.80. The number of benzene rings is 1. The Kier molecular flexibility index (Phi) is 6.49. The predicted octanol–water partition coefficient (Wildman–Crippen LogP) is 3.06. The minimum atomic E-state index is -0.539. The highest BCUT2D eigenvalue weighted by atomic mass is 35.5. The summed E-state index contributed by atoms with van der Waals surface area (Å²) >= 11 is 5.92. The van der Waals surface area contributed by atoms with E-state index >= 15 is 0 Å². The number of alkyl carbamates (subject to hydrolysis) is 1. The highest BCUT2D eigenvalue weighted by Gasteiger charge is 2.16. The van der Waals surface area contributed by atoms with E-state index in [0.717, 1.165) is 0 Å². The monoisotopic (exact) mass is 328 g/mol. The molecule has 0 fully saturated rings. The van der Waals surface area contributed by atoms with E-state index in [2.05, 4.69) is 10.6 Å². The van der Waals surface area contributed by atoms with Gasteiger partial charge in [0.05, 0.1) is 18.4 Å². The first-order chi connectivity index (χ1) is 10.2. The first-order valence-corrected chi connectivity index (χ1v) is 7.19. The van der Waals surface area contributed by atoms with Crippen molar-refractivity contribution in [3.63, 3.8) is 0 Å². The molecule has 1 aromatic rings. The number of rotatable bonds is 5. The van der Waals surface area contributed by atoms with Gasteiger partial charge in [0.1, 0.15) is 5.60 Å². The number of hydrogen-bond acceptors (Lipinski definition) is 5. The fraction of sp³-hybridized carbons (Fsp3) is 0.467. The zero-order valence-corrected chi connectivity index (χ0v) is 13.9. The summed E-state index contributed by atoms with van der Waals surface area (Å²) in [4.78, 5) is 23.1. The van der Waals surface area contributed by atoms with Crippen molar-refractivity contribution in [2.45, 2.75) is 26.4 Å². The van der Waals surface area contributed by atoms with E-state index in [4.69, 9.17) is 21.1 Å². The van der Waals surface area contributed by atoms with Crippen LogP contribution in [0, 0.1) is 0 Å². The zero-order valence-electron chi connectivity index (χ0n) is 13.2. The molecule has 22 heavy (non-hydrogen) atoms. The first-order valence-electron chi connectivity index (χ1n) is 6.81. The number of carbonyl (C=O) groups is 2. The van der Waals surface area contributed by atoms with E-state index in [1.54, 1.807) is 39.0 Å². The summed E-state index contributed by atoms with van der Waals surface area (Å²) in [6.07, 6.45) is -0.492. The number of nitrogens with one attached hydrogen (secondary N) is 2. The van der Waals surface area contributed by atoms with Crippen LogP contribution in [-0.4, -0.2) is 37.9 Å². The van der Waals surface area contributed by atoms with Crippen LogP contribution < -0.4 is 10.6 Å². The van der Waals surface area contributed by atoms with Gasteiger partial charge in [0.15, 0.2) is 0 Å². The Hall–Kier alpha value is -1.95. The Labute approximate surface area is 135 Å². The Morgan fingerprint density at radius 3 is 2.50 bits per heavy atom. The van der Waals surface area contributed by atoms with Gasteiger partial charge in [0, 0.05) is 18.1 Å². The summed E-state index contributed by atoms with van der Waals surface area (Å²) in [5.74, 6) is -0.459. The van der Waals surface area contributed by atoms with Gasteiger partial charge in [-0.1, -0.05) is 11.6 Å². The molecule has 2 N–H and O–H groups in total. The number of amides is 1. The molecule has 0 atom stereocenters. The average Bonchev–Trinajstić information content (AvgIpc) is 2.41. The van der Waals surface area contributed by atoms with E-state index < -0.39 is 17.7 Å². The normalized spacial score (nSPS) is 10.8. The van der Waals surface area contributed by atoms with Gasteiger partial charge in [-0.25, -0.2) is 9.59 Å². The molecule has 0 saturated heterocycles. The van der Waals surface area contributed by atoms with Gasteiger partial charge >= 0.3 is 12.1 Å². The largest absolute Gasteiger partial charge is 0.465 e. The Balaban J connectivity index is 2.53. The maximum atomic E-state index is 11.6. The van der Waals surface area contributed by atoms with Crippen LogP contribution in [0.5, 0.6) is 0 Å². The molecule has 0 spiro atoms. The summed E-state index contributed by atoms with van der Waals surface area (Å²) in [5, 5.41) is 6.14. The molecule has 0 radical (unpaired) electrons. The van der Waals surface area contributed by atoms with Crippen molar-refractivity contribution >= 4 is 29.4 Å². The molecular formula is C15H21ClN2O4. The molecule has 7 heteroatoms. The molecular weight excluding hydrogens is 308 g/mol. The van der Waals surface area contributed by atoms with Crippen LogP contribution in [0.25, 0.3) is 0 Å². The van der Waals surface area contributed by atoms with Gasteiger partial charge in [-0.2, -0.15) is 0 Å². The molecule has 0 aliphatic heterocycles. The van der Waals surface area contributed by atoms with Gasteiger partial charge in [0.2, 0.25) is 0 Å². The molecule has 0 aliphatic rings. The lowest BCUT2D eigenvalue weighted by molar-refractivity contribution is 0.0528. The van der Waals surface area contributed by atoms with Crippen LogP contribution in [0.4, 0.5) is 10.5 Å². The minimum absolute atomic E-state index is 0.335. The Morgan fingerprint density at radius 2 is 1.91 bits per heavy atom. The molecule has 0 aliphatic carbocycles. The van der Waals surface area contributed by atoms with Crippen LogP contribution in [-0.2, 0) is 9.47 Å². The number of halogens is 1. The van der Waals surface area contributed by atoms with Crippen LogP contribution in [0.1, 0.15) is 31.1 Å². The van der Waals surface area contributed by atoms with E-state index in [-0.39, 0.29) is 0 Å². The maximum Gasteiger partial charge on any atom is 0.407 e. The molecule has 122 valence electrons. The summed E-state index contributed by atoms with van der Waals surface area (Å²) in [6.45, 7) is 6.12. The van der Waals surface area contributed by atoms with Gasteiger partial charge in [-0.3, -0.25) is 0 Å². The van der Waals surface area contributed by atoms with Crippen molar-refractivity contribution in [2.24, 2.45) is 0 Å². The Bertz CT molecular complexity index is 541. The third-order valence-corrected chi connectivity index (χ3v) is 2.73. The Morgan fingerprint density at radius 1 is 1.23 bits per heavy atom. The smallest absolute Gasteiger partial charge is 0.407 e. The van der Waals surface area contributed by atoms with Crippen LogP contribution >= 0.6 is 11.6 Å². The second kappa shape index (κ2) is 7.89. The van der Waals surface area contributed by atoms with Gasteiger partial charge < -0.3 is 20.1 Å². The minimum Gasteiger partial charge on any atom is -0.465 e. The number of ether oxygens (including phenoxy) is 2. The molecule has 0 saturated carbocycles. The molecule has 1 amide bonds. The number of carbonyl (C=O) groups excluding carboxylic acids is 2. The molecule has 0 aromatic heterocycles. The maximum absolute atomic E-state index is 11.6. The van der Waals surface area contributed by atoms with Crippen molar-refractivity contribution in [1.29, 1.82) is 0 Å². The van der Waals surface area contributed by atoms with Crippen LogP contribution in [0.3, 0.4) is 0 Å². The average molecular weight is 329 g/mol. The molecule has 1 rings (SSSR count). The van der Waals surface area contributed by atoms with Crippen molar-refractivity contribution in [2.75, 3.05) is 25.5 Å². The highest BCUT2D eigenvalue weighted by Crippen LogP contribution is 2.21. The standard InChI is InChI=1S/C15H21ClN2O4/c1-15(2,3)22-14(20)18-8-7-17-12-9-10(16)5-6-11(12)13(19)21-4/h5-6,9,17H,7-8H2,1-4H3,(H,18,20). The molecule has 0 bridgehead atoms. The van der Waals surface area contributed by atoms with E-state index in [9.17, 15) is 9.59 Å². The SMILES string of the molecule is COC(=O)c1ccc(Cl)cc1NCCNC(=O)OC(C)(C)C. The van der Waals surface area contributed by atoms with Gasteiger partial charge in [-0.15, -0.1) is 0 Å². The van der Waals surface area contributed by atoms with Gasteiger partial charge in [0.25, 0.3) is 0 Å². The van der Waals surface area contributed by atoms with Crippen molar-refractivity contribution in [3.05, 3.63) is 28.8 Å². The number of hydrogen-bond donors (Lipinski definition) is 2. The summed E-state index contributed by atoms with van der Waals surface area (Å²) in [5.41, 5.74) is 0.386. The lowest BCUT2D eigenvalue weighted by Gasteiger charge is -2.19. The summed E-state index contributed by atoms with van der Waals surface area (Å²) < 4.78 is 9.82. The van der Waals surface area contributed by atoms with Crippen molar-refractivity contribution in [1.82, 2.24) is 5.32 Å². The molecule has 1 aromatic carbocycles. The lowest BCUT2D eigenvalue weighted by Crippen LogP contribution is -2.35. The first kappa shape index (κ1) is 18.1. The van der Waals surface area contributed by atoms with E-state index in [1.807, 2.05) is 0 Å². The van der Waals surface area contributed by atoms with E-state index in [1.165, 1.54) is 7.11 Å². The third-order valence-electron chi connectivity index (χ3n) is 2.50. The summed E-state index contributed by atoms with van der Waals surface area (Å²) in [6, 6.07) is 4.82. The molecule has 0 heterocycles. The number of methoxy groups -OCH3 is 1. The topological polar surface area (TPSA) is 76.7 Å². The van der Waals surface area contributed by atoms with E-state index in [0.29, 0.717) is 29.4 Å². The summed E-state index contributed by atoms with van der Waals surface area (Å²) in [7, 11) is 1.31. The highest BCUT2D eigenvalue weighted by molar-refractivity contribution is 6.31. The third kappa shape index (κ3) is 6.22. The lowest BCUT2D eigenvalue weighted by atomic mass is 10.2. The fourth-order valence-electron chi connectivity index (χ4n) is 1.63. The predicted molar refractivity (Wildman–Crippen MR) is 85.5 cm³/mol. The second-order valence-electron chi connectivity index (χ2n) is 5.54. The van der Waals surface area contributed by atoms with Crippen molar-refractivity contribution < 1.29 is 19.1 Å². The van der Waals surface area contributed by atoms with Crippen LogP contribution in [0.15, 0.2) is 18.2 Å². The van der Waals surface area contributed by atoms with Crippen LogP contribution in [0.2, 0.25) is 5.02 Å². The molecule has 6 nitrogen and oxygen atoms in total. The quantitative estimate of drug-likeness (QED) is 0.641. The zero-order chi connectivity index (χ0) is 16.8. The second-order valence-corrected chi connectivity index (χ2v) is 5.97. The molecule has 0 unspecified atom stereocenters. The number of anilines is 1. The number of esters is 1. The van der Waals surface area contributed by atoms with Gasteiger partial charge in [-0.05, 0) is 39.0 Å².